The van der Waals surface area contributed by atoms with E-state index in [0.29, 0.717) is 17.7 Å². The summed E-state index contributed by atoms with van der Waals surface area (Å²) in [5.74, 6) is -0.243. The summed E-state index contributed by atoms with van der Waals surface area (Å²) in [6, 6.07) is 21.8. The molecule has 0 unspecified atom stereocenters. The van der Waals surface area contributed by atoms with Gasteiger partial charge < -0.3 is 9.72 Å². The number of benzene rings is 3. The molecule has 5 heteroatoms. The number of nitrogens with one attached hydrogen (secondary N) is 2. The molecule has 0 aliphatic carbocycles. The first kappa shape index (κ1) is 17.8. The Kier molecular flexibility index (Phi) is 5.06. The van der Waals surface area contributed by atoms with Gasteiger partial charge in [0, 0.05) is 34.8 Å². The number of carbonyl (C=O) groups excluding carboxylic acids is 1. The fourth-order valence-electron chi connectivity index (χ4n) is 3.09. The molecule has 3 aromatic carbocycles. The second kappa shape index (κ2) is 7.96. The Balaban J connectivity index is 1.29. The van der Waals surface area contributed by atoms with Crippen LogP contribution in [0.5, 0.6) is 0 Å². The van der Waals surface area contributed by atoms with Crippen molar-refractivity contribution in [2.24, 2.45) is 0 Å². The highest BCUT2D eigenvalue weighted by atomic mass is 19.1. The van der Waals surface area contributed by atoms with Gasteiger partial charge in [-0.15, -0.1) is 0 Å². The topological polar surface area (TPSA) is 54.1 Å². The zero-order valence-electron chi connectivity index (χ0n) is 15.1. The normalized spacial score (nSPS) is 10.8. The molecule has 0 saturated heterocycles. The fraction of sp³-hybridized carbons (Fsp3) is 0.0870. The molecule has 4 nitrogen and oxygen atoms in total. The highest BCUT2D eigenvalue weighted by Crippen LogP contribution is 2.23. The number of rotatable bonds is 5. The van der Waals surface area contributed by atoms with Gasteiger partial charge in [-0.3, -0.25) is 5.32 Å². The molecule has 0 bridgehead atoms. The van der Waals surface area contributed by atoms with Gasteiger partial charge in [-0.05, 0) is 41.5 Å². The maximum atomic E-state index is 13.8. The first-order valence-electron chi connectivity index (χ1n) is 9.04. The lowest BCUT2D eigenvalue weighted by molar-refractivity contribution is 0.163. The summed E-state index contributed by atoms with van der Waals surface area (Å²) in [6.45, 7) is 0.261. The highest BCUT2D eigenvalue weighted by molar-refractivity contribution is 5.90. The molecule has 28 heavy (non-hydrogen) atoms. The van der Waals surface area contributed by atoms with E-state index in [4.69, 9.17) is 4.74 Å². The summed E-state index contributed by atoms with van der Waals surface area (Å²) >= 11 is 0. The van der Waals surface area contributed by atoms with Crippen molar-refractivity contribution in [1.29, 1.82) is 0 Å². The van der Waals surface area contributed by atoms with E-state index >= 15 is 0 Å². The number of halogens is 1. The van der Waals surface area contributed by atoms with Crippen molar-refractivity contribution in [3.8, 4) is 11.1 Å². The molecule has 0 spiro atoms. The van der Waals surface area contributed by atoms with Crippen molar-refractivity contribution in [3.05, 3.63) is 90.4 Å². The quantitative estimate of drug-likeness (QED) is 0.466. The Hall–Kier alpha value is -3.60. The van der Waals surface area contributed by atoms with Crippen molar-refractivity contribution in [2.45, 2.75) is 6.42 Å². The lowest BCUT2D eigenvalue weighted by atomic mass is 10.0. The molecule has 0 radical (unpaired) electrons. The van der Waals surface area contributed by atoms with E-state index in [2.05, 4.69) is 10.3 Å². The maximum absolute atomic E-state index is 13.8. The summed E-state index contributed by atoms with van der Waals surface area (Å²) in [6.07, 6.45) is 1.95. The van der Waals surface area contributed by atoms with Crippen LogP contribution >= 0.6 is 0 Å². The van der Waals surface area contributed by atoms with Crippen LogP contribution in [-0.2, 0) is 11.2 Å². The molecule has 4 aromatic rings. The molecule has 1 aromatic heterocycles. The number of amides is 1. The molecule has 0 fully saturated rings. The number of H-pyrrole nitrogens is 1. The van der Waals surface area contributed by atoms with Crippen molar-refractivity contribution >= 4 is 22.7 Å². The van der Waals surface area contributed by atoms with Crippen LogP contribution in [0.1, 0.15) is 5.56 Å². The maximum Gasteiger partial charge on any atom is 0.411 e. The number of carbonyl (C=O) groups is 1. The Morgan fingerprint density at radius 2 is 1.82 bits per heavy atom. The highest BCUT2D eigenvalue weighted by Gasteiger charge is 2.06. The van der Waals surface area contributed by atoms with Crippen molar-refractivity contribution in [1.82, 2.24) is 4.98 Å². The van der Waals surface area contributed by atoms with Gasteiger partial charge in [0.25, 0.3) is 0 Å². The van der Waals surface area contributed by atoms with Gasteiger partial charge in [0.1, 0.15) is 5.82 Å². The average molecular weight is 374 g/mol. The second-order valence-corrected chi connectivity index (χ2v) is 6.47. The Labute approximate surface area is 162 Å². The lowest BCUT2D eigenvalue weighted by Gasteiger charge is -2.08. The van der Waals surface area contributed by atoms with Gasteiger partial charge in [-0.2, -0.15) is 0 Å². The molecule has 140 valence electrons. The van der Waals surface area contributed by atoms with Gasteiger partial charge in [0.05, 0.1) is 6.61 Å². The molecule has 0 atom stereocenters. The third kappa shape index (κ3) is 4.04. The molecule has 0 saturated carbocycles. The Bertz CT molecular complexity index is 1100. The molecule has 0 aliphatic rings. The Morgan fingerprint density at radius 3 is 2.64 bits per heavy atom. The molecular formula is C23H19FN2O2. The van der Waals surface area contributed by atoms with Crippen LogP contribution in [0.2, 0.25) is 0 Å². The average Bonchev–Trinajstić information content (AvgIpc) is 3.17. The lowest BCUT2D eigenvalue weighted by Crippen LogP contribution is -2.15. The van der Waals surface area contributed by atoms with Gasteiger partial charge in [0.15, 0.2) is 0 Å². The van der Waals surface area contributed by atoms with E-state index in [1.54, 1.807) is 12.1 Å². The molecule has 1 amide bonds. The Morgan fingerprint density at radius 1 is 1.00 bits per heavy atom. The summed E-state index contributed by atoms with van der Waals surface area (Å²) in [5, 5.41) is 3.75. The van der Waals surface area contributed by atoms with Gasteiger partial charge >= 0.3 is 6.09 Å². The minimum atomic E-state index is -0.488. The van der Waals surface area contributed by atoms with E-state index in [1.807, 2.05) is 60.8 Å². The number of hydrogen-bond donors (Lipinski definition) is 2. The van der Waals surface area contributed by atoms with E-state index in [9.17, 15) is 9.18 Å². The molecule has 0 aliphatic heterocycles. The predicted molar refractivity (Wildman–Crippen MR) is 109 cm³/mol. The van der Waals surface area contributed by atoms with E-state index in [0.717, 1.165) is 22.0 Å². The van der Waals surface area contributed by atoms with Crippen LogP contribution in [0, 0.1) is 5.82 Å². The van der Waals surface area contributed by atoms with Crippen LogP contribution in [0.3, 0.4) is 0 Å². The summed E-state index contributed by atoms with van der Waals surface area (Å²) < 4.78 is 19.1. The first-order valence-corrected chi connectivity index (χ1v) is 9.04. The van der Waals surface area contributed by atoms with Crippen LogP contribution < -0.4 is 5.32 Å². The number of hydrogen-bond acceptors (Lipinski definition) is 2. The van der Waals surface area contributed by atoms with Crippen LogP contribution in [0.4, 0.5) is 14.9 Å². The largest absolute Gasteiger partial charge is 0.449 e. The number of aromatic amines is 1. The van der Waals surface area contributed by atoms with E-state index < -0.39 is 6.09 Å². The number of anilines is 1. The zero-order valence-corrected chi connectivity index (χ0v) is 15.1. The molecular weight excluding hydrogens is 355 g/mol. The van der Waals surface area contributed by atoms with Crippen LogP contribution in [-0.4, -0.2) is 17.7 Å². The molecule has 4 rings (SSSR count). The van der Waals surface area contributed by atoms with Crippen molar-refractivity contribution in [2.75, 3.05) is 11.9 Å². The smallest absolute Gasteiger partial charge is 0.411 e. The third-order valence-corrected chi connectivity index (χ3v) is 4.56. The van der Waals surface area contributed by atoms with Crippen LogP contribution in [0.15, 0.2) is 79.0 Å². The second-order valence-electron chi connectivity index (χ2n) is 6.47. The fourth-order valence-corrected chi connectivity index (χ4v) is 3.09. The zero-order chi connectivity index (χ0) is 19.3. The SMILES string of the molecule is O=C(Nc1ccc2[nH]ccc2c1)OCCc1ccc(-c2ccccc2F)cc1. The minimum Gasteiger partial charge on any atom is -0.449 e. The monoisotopic (exact) mass is 374 g/mol. The first-order chi connectivity index (χ1) is 13.7. The summed E-state index contributed by atoms with van der Waals surface area (Å²) in [4.78, 5) is 15.1. The van der Waals surface area contributed by atoms with Crippen LogP contribution in [0.25, 0.3) is 22.0 Å². The standard InChI is InChI=1S/C23H19FN2O2/c24-21-4-2-1-3-20(21)17-7-5-16(6-8-17)12-14-28-23(27)26-19-9-10-22-18(15-19)11-13-25-22/h1-11,13,15,25H,12,14H2,(H,26,27). The van der Waals surface area contributed by atoms with Crippen molar-refractivity contribution in [3.63, 3.8) is 0 Å². The number of fused-ring (bicyclic) bond motifs is 1. The minimum absolute atomic E-state index is 0.243. The third-order valence-electron chi connectivity index (χ3n) is 4.56. The number of ether oxygens (including phenoxy) is 1. The van der Waals surface area contributed by atoms with E-state index in [-0.39, 0.29) is 12.4 Å². The summed E-state index contributed by atoms with van der Waals surface area (Å²) in [5.41, 5.74) is 4.11. The van der Waals surface area contributed by atoms with Gasteiger partial charge in [-0.1, -0.05) is 42.5 Å². The van der Waals surface area contributed by atoms with E-state index in [1.165, 1.54) is 6.07 Å². The predicted octanol–water partition coefficient (Wildman–Crippen LogP) is 5.77. The van der Waals surface area contributed by atoms with Gasteiger partial charge in [0.2, 0.25) is 0 Å². The molecule has 1 heterocycles. The molecule has 2 N–H and O–H groups in total. The van der Waals surface area contributed by atoms with Gasteiger partial charge in [-0.25, -0.2) is 9.18 Å². The number of aromatic nitrogens is 1. The van der Waals surface area contributed by atoms with Crippen molar-refractivity contribution < 1.29 is 13.9 Å². The summed E-state index contributed by atoms with van der Waals surface area (Å²) in [7, 11) is 0.